The van der Waals surface area contributed by atoms with Crippen molar-refractivity contribution in [3.8, 4) is 0 Å². The molecule has 0 nitrogen and oxygen atoms in total. The van der Waals surface area contributed by atoms with E-state index in [-0.39, 0.29) is 42.6 Å². The van der Waals surface area contributed by atoms with Gasteiger partial charge in [0.2, 0.25) is 0 Å². The van der Waals surface area contributed by atoms with E-state index in [0.717, 1.165) is 44.9 Å². The first-order chi connectivity index (χ1) is 34.7. The molecule has 0 saturated carbocycles. The van der Waals surface area contributed by atoms with Crippen molar-refractivity contribution in [1.82, 2.24) is 0 Å². The van der Waals surface area contributed by atoms with E-state index >= 15 is 0 Å². The van der Waals surface area contributed by atoms with Gasteiger partial charge in [-0.3, -0.25) is 0 Å². The summed E-state index contributed by atoms with van der Waals surface area (Å²) >= 11 is 2.46. The monoisotopic (exact) mass is 1070 g/mol. The average molecular weight is 1070 g/mol. The molecule has 0 atom stereocenters. The van der Waals surface area contributed by atoms with Crippen molar-refractivity contribution in [3.05, 3.63) is 324 Å². The summed E-state index contributed by atoms with van der Waals surface area (Å²) in [7, 11) is -3.31. The fourth-order valence-electron chi connectivity index (χ4n) is 11.2. The van der Waals surface area contributed by atoms with E-state index in [1.807, 2.05) is 0 Å². The smallest absolute Gasteiger partial charge is 1.00 e. The van der Waals surface area contributed by atoms with Gasteiger partial charge >= 0.3 is 439 Å². The molecule has 5 heteroatoms. The predicted molar refractivity (Wildman–Crippen MR) is 299 cm³/mol. The van der Waals surface area contributed by atoms with Crippen LogP contribution in [0.5, 0.6) is 0 Å². The summed E-state index contributed by atoms with van der Waals surface area (Å²) in [5.74, 6) is 0. The van der Waals surface area contributed by atoms with E-state index in [0.29, 0.717) is 0 Å². The SMILES string of the molecule is CC(C)(C)C1=CC[C]([Ti+3])=C1[Si](c1cc(Cc2ccccc2)cc(Cc2ccccc2)c1)(c1cc(Cc2ccccc2)cc(Cc2ccccc2)c1)c1cc(Cc2ccccc2)cc(Cc2ccccc2)c1.[Cl-].[Cl-].[Cl-]. The van der Waals surface area contributed by atoms with Crippen molar-refractivity contribution in [2.45, 2.75) is 65.7 Å². The standard InChI is InChI=1S/C69H63Si.3ClH.Ti/c1-69(2,3)67-35-22-36-68(67)70(64-46-58(37-52-23-10-4-11-24-52)43-59(47-64)38-53-25-12-5-13-26-53,65-48-60(39-54-27-14-6-15-28-54)44-61(49-65)40-55-29-16-7-17-30-55)66-50-62(41-56-31-18-8-19-32-56)45-63(51-66)42-57-33-20-9-21-34-57;;;;/h4-21,23-35,43-51H,22,37-42H2,1-3H3;3*1H;/q;;;;+3/p-3. The molecule has 0 N–H and O–H groups in total. The molecular formula is C69H63Cl3SiTi. The second-order valence-electron chi connectivity index (χ2n) is 20.8. The van der Waals surface area contributed by atoms with Gasteiger partial charge in [0.15, 0.2) is 0 Å². The minimum atomic E-state index is -3.31. The Kier molecular flexibility index (Phi) is 19.4. The van der Waals surface area contributed by atoms with E-state index < -0.39 is 8.07 Å². The molecule has 0 spiro atoms. The molecule has 0 amide bonds. The van der Waals surface area contributed by atoms with Crippen molar-refractivity contribution < 1.29 is 57.7 Å². The Morgan fingerprint density at radius 1 is 0.324 bits per heavy atom. The minimum absolute atomic E-state index is 0. The molecule has 1 aliphatic rings. The second-order valence-corrected chi connectivity index (χ2v) is 25.4. The van der Waals surface area contributed by atoms with Crippen molar-refractivity contribution >= 4 is 23.6 Å². The van der Waals surface area contributed by atoms with Gasteiger partial charge < -0.3 is 37.2 Å². The quantitative estimate of drug-likeness (QED) is 0.0897. The molecule has 0 radical (unpaired) electrons. The molecule has 1 aliphatic carbocycles. The van der Waals surface area contributed by atoms with E-state index in [2.05, 4.69) is 284 Å². The number of halogens is 3. The van der Waals surface area contributed by atoms with Crippen LogP contribution in [0.25, 0.3) is 0 Å². The Hall–Kier alpha value is -5.74. The number of hydrogen-bond acceptors (Lipinski definition) is 0. The molecular weight excluding hydrogens is 1010 g/mol. The van der Waals surface area contributed by atoms with Crippen LogP contribution in [0.15, 0.2) is 257 Å². The van der Waals surface area contributed by atoms with Gasteiger partial charge in [0.05, 0.1) is 0 Å². The molecule has 9 aromatic rings. The third-order valence-corrected chi connectivity index (χ3v) is 20.1. The Morgan fingerprint density at radius 2 is 0.541 bits per heavy atom. The number of rotatable bonds is 16. The van der Waals surface area contributed by atoms with Gasteiger partial charge in [-0.2, -0.15) is 0 Å². The van der Waals surface area contributed by atoms with Gasteiger partial charge in [-0.1, -0.05) is 0 Å². The molecule has 368 valence electrons. The summed E-state index contributed by atoms with van der Waals surface area (Å²) in [4.78, 5) is 0. The van der Waals surface area contributed by atoms with E-state index in [1.54, 1.807) is 5.20 Å². The normalized spacial score (nSPS) is 12.3. The number of benzene rings is 9. The van der Waals surface area contributed by atoms with Crippen LogP contribution in [0.1, 0.15) is 94.0 Å². The first-order valence-corrected chi connectivity index (χ1v) is 28.2. The minimum Gasteiger partial charge on any atom is -1.00 e. The largest absolute Gasteiger partial charge is 1.00 e. The summed E-state index contributed by atoms with van der Waals surface area (Å²) in [5.41, 5.74) is 17.6. The van der Waals surface area contributed by atoms with Crippen LogP contribution < -0.4 is 52.8 Å². The zero-order valence-electron chi connectivity index (χ0n) is 42.7. The summed E-state index contributed by atoms with van der Waals surface area (Å²) in [6, 6.07) is 90.2. The Bertz CT molecular complexity index is 2800. The van der Waals surface area contributed by atoms with E-state index in [9.17, 15) is 0 Å². The zero-order valence-corrected chi connectivity index (χ0v) is 47.5. The van der Waals surface area contributed by atoms with Crippen LogP contribution in [-0.2, 0) is 59.0 Å². The maximum Gasteiger partial charge on any atom is -1.00 e. The van der Waals surface area contributed by atoms with Gasteiger partial charge in [0.1, 0.15) is 0 Å². The predicted octanol–water partition coefficient (Wildman–Crippen LogP) is 5.43. The fourth-order valence-corrected chi connectivity index (χ4v) is 18.1. The summed E-state index contributed by atoms with van der Waals surface area (Å²) < 4.78 is 1.50. The maximum absolute atomic E-state index is 3.31. The maximum atomic E-state index is 2.66. The van der Waals surface area contributed by atoms with Crippen LogP contribution in [-0.4, -0.2) is 8.07 Å². The average Bonchev–Trinajstić information content (AvgIpc) is 3.78. The molecule has 0 unspecified atom stereocenters. The summed E-state index contributed by atoms with van der Waals surface area (Å²) in [6.45, 7) is 7.34. The first-order valence-electron chi connectivity index (χ1n) is 25.5. The fraction of sp³-hybridized carbons (Fsp3) is 0.159. The van der Waals surface area contributed by atoms with Crippen molar-refractivity contribution in [3.63, 3.8) is 0 Å². The van der Waals surface area contributed by atoms with Crippen LogP contribution >= 0.6 is 0 Å². The zero-order chi connectivity index (χ0) is 48.6. The van der Waals surface area contributed by atoms with Gasteiger partial charge in [0.25, 0.3) is 0 Å². The van der Waals surface area contributed by atoms with Gasteiger partial charge in [-0.25, -0.2) is 0 Å². The van der Waals surface area contributed by atoms with Gasteiger partial charge in [-0.05, 0) is 0 Å². The molecule has 9 aromatic carbocycles. The van der Waals surface area contributed by atoms with Crippen LogP contribution in [0.3, 0.4) is 0 Å². The van der Waals surface area contributed by atoms with E-state index in [4.69, 9.17) is 0 Å². The number of hydrogen-bond donors (Lipinski definition) is 0. The third-order valence-electron chi connectivity index (χ3n) is 14.2. The topological polar surface area (TPSA) is 0 Å². The molecule has 10 rings (SSSR count). The third kappa shape index (κ3) is 13.4. The van der Waals surface area contributed by atoms with Crippen LogP contribution in [0.4, 0.5) is 0 Å². The molecule has 0 aliphatic heterocycles. The van der Waals surface area contributed by atoms with Gasteiger partial charge in [-0.15, -0.1) is 0 Å². The van der Waals surface area contributed by atoms with E-state index in [1.165, 1.54) is 91.8 Å². The van der Waals surface area contributed by atoms with Crippen LogP contribution in [0.2, 0.25) is 0 Å². The van der Waals surface area contributed by atoms with Crippen molar-refractivity contribution in [1.29, 1.82) is 0 Å². The molecule has 0 saturated heterocycles. The molecule has 0 fully saturated rings. The number of allylic oxidation sites excluding steroid dienone is 4. The first kappa shape index (κ1) is 56.0. The Morgan fingerprint density at radius 3 is 0.743 bits per heavy atom. The molecule has 0 heterocycles. The summed E-state index contributed by atoms with van der Waals surface area (Å²) in [5, 5.41) is 5.98. The Balaban J connectivity index is 0.00000267. The second kappa shape index (κ2) is 25.7. The van der Waals surface area contributed by atoms with Crippen LogP contribution in [0, 0.1) is 5.41 Å². The van der Waals surface area contributed by atoms with Gasteiger partial charge in [0, 0.05) is 0 Å². The molecule has 0 aromatic heterocycles. The molecule has 0 bridgehead atoms. The van der Waals surface area contributed by atoms with Crippen molar-refractivity contribution in [2.24, 2.45) is 5.41 Å². The summed E-state index contributed by atoms with van der Waals surface area (Å²) in [6.07, 6.45) is 8.73. The Labute approximate surface area is 472 Å². The van der Waals surface area contributed by atoms with Crippen molar-refractivity contribution in [2.75, 3.05) is 0 Å². The molecule has 74 heavy (non-hydrogen) atoms.